The first kappa shape index (κ1) is 12.8. The number of hydrogen-bond acceptors (Lipinski definition) is 4. The molecule has 2 aromatic heterocycles. The molecule has 0 spiro atoms. The summed E-state index contributed by atoms with van der Waals surface area (Å²) in [7, 11) is 1.72. The van der Waals surface area contributed by atoms with E-state index in [0.29, 0.717) is 12.1 Å². The van der Waals surface area contributed by atoms with Crippen LogP contribution in [0, 0.1) is 6.92 Å². The minimum absolute atomic E-state index is 0.107. The van der Waals surface area contributed by atoms with Gasteiger partial charge in [0.15, 0.2) is 0 Å². The summed E-state index contributed by atoms with van der Waals surface area (Å²) >= 11 is 3.29. The second-order valence-corrected chi connectivity index (χ2v) is 4.90. The number of carbonyl (C=O) groups excluding carboxylic acids is 1. The fraction of sp³-hybridized carbons (Fsp3) is 0.250. The molecule has 5 nitrogen and oxygen atoms in total. The van der Waals surface area contributed by atoms with Gasteiger partial charge in [-0.15, -0.1) is 0 Å². The smallest absolute Gasteiger partial charge is 0.255 e. The summed E-state index contributed by atoms with van der Waals surface area (Å²) in [6, 6.07) is 3.54. The maximum absolute atomic E-state index is 12.1. The third-order valence-corrected chi connectivity index (χ3v) is 2.81. The van der Waals surface area contributed by atoms with Crippen LogP contribution in [-0.2, 0) is 6.54 Å². The quantitative estimate of drug-likeness (QED) is 0.873. The summed E-state index contributed by atoms with van der Waals surface area (Å²) in [4.78, 5) is 17.7. The molecule has 0 saturated heterocycles. The molecular weight excluding hydrogens is 298 g/mol. The number of amides is 1. The van der Waals surface area contributed by atoms with E-state index in [9.17, 15) is 4.79 Å². The van der Waals surface area contributed by atoms with E-state index in [1.807, 2.05) is 13.0 Å². The molecule has 0 N–H and O–H groups in total. The zero-order valence-corrected chi connectivity index (χ0v) is 11.6. The molecule has 0 aliphatic heterocycles. The van der Waals surface area contributed by atoms with Crippen molar-refractivity contribution in [2.24, 2.45) is 0 Å². The fourth-order valence-corrected chi connectivity index (χ4v) is 1.92. The molecule has 0 aliphatic rings. The average Bonchev–Trinajstić information content (AvgIpc) is 2.73. The van der Waals surface area contributed by atoms with Crippen molar-refractivity contribution >= 4 is 21.8 Å². The first-order valence-electron chi connectivity index (χ1n) is 5.34. The molecule has 1 amide bonds. The highest BCUT2D eigenvalue weighted by molar-refractivity contribution is 9.10. The minimum atomic E-state index is -0.107. The Morgan fingerprint density at radius 1 is 1.44 bits per heavy atom. The van der Waals surface area contributed by atoms with E-state index in [1.54, 1.807) is 24.2 Å². The van der Waals surface area contributed by atoms with Gasteiger partial charge in [0, 0.05) is 30.0 Å². The predicted molar refractivity (Wildman–Crippen MR) is 69.0 cm³/mol. The van der Waals surface area contributed by atoms with Crippen molar-refractivity contribution in [3.05, 3.63) is 46.0 Å². The predicted octanol–water partition coefficient (Wildman–Crippen LogP) is 2.41. The SMILES string of the molecule is Cc1cc(CN(C)C(=O)c2cncc(Br)c2)no1. The van der Waals surface area contributed by atoms with Crippen molar-refractivity contribution < 1.29 is 9.32 Å². The second-order valence-electron chi connectivity index (χ2n) is 3.98. The van der Waals surface area contributed by atoms with Gasteiger partial charge < -0.3 is 9.42 Å². The van der Waals surface area contributed by atoms with Gasteiger partial charge in [0.2, 0.25) is 0 Å². The van der Waals surface area contributed by atoms with Crippen LogP contribution in [0.1, 0.15) is 21.8 Å². The van der Waals surface area contributed by atoms with Gasteiger partial charge in [-0.25, -0.2) is 0 Å². The van der Waals surface area contributed by atoms with Crippen LogP contribution < -0.4 is 0 Å². The Bertz CT molecular complexity index is 568. The fourth-order valence-electron chi connectivity index (χ4n) is 1.56. The van der Waals surface area contributed by atoms with Crippen LogP contribution in [0.25, 0.3) is 0 Å². The summed E-state index contributed by atoms with van der Waals surface area (Å²) in [5.41, 5.74) is 1.26. The number of rotatable bonds is 3. The summed E-state index contributed by atoms with van der Waals surface area (Å²) in [5.74, 6) is 0.624. The molecule has 0 bridgehead atoms. The van der Waals surface area contributed by atoms with Gasteiger partial charge in [0.25, 0.3) is 5.91 Å². The lowest BCUT2D eigenvalue weighted by atomic mass is 10.2. The molecule has 0 radical (unpaired) electrons. The number of carbonyl (C=O) groups is 1. The van der Waals surface area contributed by atoms with Crippen LogP contribution in [0.2, 0.25) is 0 Å². The molecule has 0 atom stereocenters. The van der Waals surface area contributed by atoms with Crippen molar-refractivity contribution in [1.82, 2.24) is 15.0 Å². The first-order chi connectivity index (χ1) is 8.56. The van der Waals surface area contributed by atoms with Gasteiger partial charge in [-0.2, -0.15) is 0 Å². The zero-order valence-electron chi connectivity index (χ0n) is 10.1. The molecule has 94 valence electrons. The maximum atomic E-state index is 12.1. The molecular formula is C12H12BrN3O2. The lowest BCUT2D eigenvalue weighted by molar-refractivity contribution is 0.0781. The van der Waals surface area contributed by atoms with Gasteiger partial charge in [-0.3, -0.25) is 9.78 Å². The number of hydrogen-bond donors (Lipinski definition) is 0. The molecule has 0 aliphatic carbocycles. The third-order valence-electron chi connectivity index (χ3n) is 2.37. The van der Waals surface area contributed by atoms with Crippen molar-refractivity contribution in [3.8, 4) is 0 Å². The van der Waals surface area contributed by atoms with E-state index in [-0.39, 0.29) is 5.91 Å². The number of pyridine rings is 1. The Kier molecular flexibility index (Phi) is 3.76. The van der Waals surface area contributed by atoms with E-state index in [0.717, 1.165) is 15.9 Å². The number of halogens is 1. The molecule has 6 heteroatoms. The van der Waals surface area contributed by atoms with Gasteiger partial charge in [-0.1, -0.05) is 5.16 Å². The van der Waals surface area contributed by atoms with Crippen molar-refractivity contribution in [1.29, 1.82) is 0 Å². The van der Waals surface area contributed by atoms with Gasteiger partial charge >= 0.3 is 0 Å². The van der Waals surface area contributed by atoms with Crippen LogP contribution in [0.5, 0.6) is 0 Å². The van der Waals surface area contributed by atoms with E-state index in [2.05, 4.69) is 26.1 Å². The van der Waals surface area contributed by atoms with Gasteiger partial charge in [-0.05, 0) is 28.9 Å². The molecule has 2 rings (SSSR count). The average molecular weight is 310 g/mol. The lowest BCUT2D eigenvalue weighted by Crippen LogP contribution is -2.26. The van der Waals surface area contributed by atoms with E-state index in [4.69, 9.17) is 4.52 Å². The Balaban J connectivity index is 2.09. The zero-order chi connectivity index (χ0) is 13.1. The van der Waals surface area contributed by atoms with Crippen LogP contribution in [-0.4, -0.2) is 28.0 Å². The molecule has 0 fully saturated rings. The Morgan fingerprint density at radius 3 is 2.83 bits per heavy atom. The van der Waals surface area contributed by atoms with Crippen LogP contribution in [0.15, 0.2) is 33.5 Å². The molecule has 18 heavy (non-hydrogen) atoms. The number of aromatic nitrogens is 2. The largest absolute Gasteiger partial charge is 0.361 e. The normalized spacial score (nSPS) is 10.4. The summed E-state index contributed by atoms with van der Waals surface area (Å²) in [6.45, 7) is 2.22. The number of aryl methyl sites for hydroxylation is 1. The topological polar surface area (TPSA) is 59.2 Å². The molecule has 0 aromatic carbocycles. The minimum Gasteiger partial charge on any atom is -0.361 e. The Hall–Kier alpha value is -1.69. The summed E-state index contributed by atoms with van der Waals surface area (Å²) < 4.78 is 5.74. The van der Waals surface area contributed by atoms with Crippen LogP contribution in [0.3, 0.4) is 0 Å². The van der Waals surface area contributed by atoms with Crippen LogP contribution >= 0.6 is 15.9 Å². The lowest BCUT2D eigenvalue weighted by Gasteiger charge is -2.15. The second kappa shape index (κ2) is 5.30. The Labute approximate surface area is 113 Å². The molecule has 2 heterocycles. The monoisotopic (exact) mass is 309 g/mol. The number of nitrogens with zero attached hydrogens (tertiary/aromatic N) is 3. The highest BCUT2D eigenvalue weighted by Gasteiger charge is 2.14. The molecule has 0 unspecified atom stereocenters. The van der Waals surface area contributed by atoms with E-state index < -0.39 is 0 Å². The van der Waals surface area contributed by atoms with Gasteiger partial charge in [0.05, 0.1) is 12.1 Å². The highest BCUT2D eigenvalue weighted by atomic mass is 79.9. The highest BCUT2D eigenvalue weighted by Crippen LogP contribution is 2.12. The van der Waals surface area contributed by atoms with E-state index in [1.165, 1.54) is 6.20 Å². The first-order valence-corrected chi connectivity index (χ1v) is 6.14. The molecule has 0 saturated carbocycles. The summed E-state index contributed by atoms with van der Waals surface area (Å²) in [5, 5.41) is 3.86. The maximum Gasteiger partial charge on any atom is 0.255 e. The molecule has 2 aromatic rings. The standard InChI is InChI=1S/C12H12BrN3O2/c1-8-3-11(15-18-8)7-16(2)12(17)9-4-10(13)6-14-5-9/h3-6H,7H2,1-2H3. The van der Waals surface area contributed by atoms with Gasteiger partial charge in [0.1, 0.15) is 11.5 Å². The van der Waals surface area contributed by atoms with E-state index >= 15 is 0 Å². The Morgan fingerprint density at radius 2 is 2.22 bits per heavy atom. The van der Waals surface area contributed by atoms with Crippen LogP contribution in [0.4, 0.5) is 0 Å². The van der Waals surface area contributed by atoms with Crippen molar-refractivity contribution in [2.75, 3.05) is 7.05 Å². The third kappa shape index (κ3) is 2.95. The van der Waals surface area contributed by atoms with Crippen molar-refractivity contribution in [3.63, 3.8) is 0 Å². The van der Waals surface area contributed by atoms with Crippen molar-refractivity contribution in [2.45, 2.75) is 13.5 Å². The summed E-state index contributed by atoms with van der Waals surface area (Å²) in [6.07, 6.45) is 3.18.